The number of thioether (sulfide) groups is 1. The standard InChI is InChI=1S/C14H18N2O3S/c1-9-12(13(17)18)6-7-16(9)14(19)15-10-4-3-5-11(8-10)20-2/h3-5,8-9,12H,6-7H2,1-2H3,(H,15,19)(H,17,18). The van der Waals surface area contributed by atoms with E-state index in [-0.39, 0.29) is 12.1 Å². The van der Waals surface area contributed by atoms with E-state index in [2.05, 4.69) is 5.32 Å². The SMILES string of the molecule is CSc1cccc(NC(=O)N2CCC(C(=O)O)C2C)c1. The Morgan fingerprint density at radius 2 is 2.20 bits per heavy atom. The number of carbonyl (C=O) groups is 2. The molecule has 1 aliphatic heterocycles. The van der Waals surface area contributed by atoms with Crippen LogP contribution in [-0.4, -0.2) is 40.8 Å². The zero-order valence-corrected chi connectivity index (χ0v) is 12.3. The number of carboxylic acid groups (broad SMARTS) is 1. The number of hydrogen-bond acceptors (Lipinski definition) is 3. The molecule has 2 amide bonds. The van der Waals surface area contributed by atoms with Crippen LogP contribution in [0.5, 0.6) is 0 Å². The predicted molar refractivity (Wildman–Crippen MR) is 79.2 cm³/mol. The first-order chi connectivity index (χ1) is 9.52. The highest BCUT2D eigenvalue weighted by atomic mass is 32.2. The van der Waals surface area contributed by atoms with E-state index < -0.39 is 11.9 Å². The molecule has 2 rings (SSSR count). The second-order valence-electron chi connectivity index (χ2n) is 4.83. The van der Waals surface area contributed by atoms with E-state index in [1.165, 1.54) is 0 Å². The van der Waals surface area contributed by atoms with Crippen LogP contribution in [0.4, 0.5) is 10.5 Å². The molecule has 0 aliphatic carbocycles. The van der Waals surface area contributed by atoms with Crippen LogP contribution in [0.3, 0.4) is 0 Å². The Morgan fingerprint density at radius 3 is 2.80 bits per heavy atom. The topological polar surface area (TPSA) is 69.6 Å². The number of amides is 2. The van der Waals surface area contributed by atoms with Gasteiger partial charge in [-0.1, -0.05) is 6.07 Å². The van der Waals surface area contributed by atoms with E-state index >= 15 is 0 Å². The van der Waals surface area contributed by atoms with Gasteiger partial charge in [0.15, 0.2) is 0 Å². The van der Waals surface area contributed by atoms with Crippen LogP contribution in [0.15, 0.2) is 29.2 Å². The van der Waals surface area contributed by atoms with Gasteiger partial charge in [-0.15, -0.1) is 11.8 Å². The number of aliphatic carboxylic acids is 1. The summed E-state index contributed by atoms with van der Waals surface area (Å²) in [7, 11) is 0. The number of anilines is 1. The third-order valence-electron chi connectivity index (χ3n) is 3.65. The smallest absolute Gasteiger partial charge is 0.322 e. The molecule has 0 aromatic heterocycles. The summed E-state index contributed by atoms with van der Waals surface area (Å²) >= 11 is 1.60. The first-order valence-corrected chi connectivity index (χ1v) is 7.70. The van der Waals surface area contributed by atoms with Crippen molar-refractivity contribution in [1.29, 1.82) is 0 Å². The molecular formula is C14H18N2O3S. The van der Waals surface area contributed by atoms with Gasteiger partial charge in [0.2, 0.25) is 0 Å². The van der Waals surface area contributed by atoms with Gasteiger partial charge in [0.25, 0.3) is 0 Å². The summed E-state index contributed by atoms with van der Waals surface area (Å²) in [6.07, 6.45) is 2.48. The fraction of sp³-hybridized carbons (Fsp3) is 0.429. The van der Waals surface area contributed by atoms with E-state index in [1.54, 1.807) is 23.6 Å². The van der Waals surface area contributed by atoms with Gasteiger partial charge in [-0.05, 0) is 37.8 Å². The van der Waals surface area contributed by atoms with Crippen LogP contribution >= 0.6 is 11.8 Å². The second-order valence-corrected chi connectivity index (χ2v) is 5.71. The Morgan fingerprint density at radius 1 is 1.45 bits per heavy atom. The number of carboxylic acids is 1. The minimum atomic E-state index is -0.836. The number of benzene rings is 1. The summed E-state index contributed by atoms with van der Waals surface area (Å²) in [4.78, 5) is 25.9. The number of likely N-dealkylation sites (tertiary alicyclic amines) is 1. The highest BCUT2D eigenvalue weighted by molar-refractivity contribution is 7.98. The van der Waals surface area contributed by atoms with E-state index in [0.29, 0.717) is 13.0 Å². The highest BCUT2D eigenvalue weighted by Gasteiger charge is 2.38. The van der Waals surface area contributed by atoms with Gasteiger partial charge in [-0.25, -0.2) is 4.79 Å². The van der Waals surface area contributed by atoms with Crippen molar-refractivity contribution >= 4 is 29.4 Å². The maximum atomic E-state index is 12.2. The molecule has 1 fully saturated rings. The lowest BCUT2D eigenvalue weighted by atomic mass is 10.0. The largest absolute Gasteiger partial charge is 0.481 e. The van der Waals surface area contributed by atoms with Crippen molar-refractivity contribution in [3.8, 4) is 0 Å². The summed E-state index contributed by atoms with van der Waals surface area (Å²) < 4.78 is 0. The van der Waals surface area contributed by atoms with Gasteiger partial charge in [-0.2, -0.15) is 0 Å². The van der Waals surface area contributed by atoms with Crippen LogP contribution in [-0.2, 0) is 4.79 Å². The predicted octanol–water partition coefficient (Wildman–Crippen LogP) is 2.74. The molecular weight excluding hydrogens is 276 g/mol. The van der Waals surface area contributed by atoms with Crippen molar-refractivity contribution in [2.45, 2.75) is 24.3 Å². The zero-order valence-electron chi connectivity index (χ0n) is 11.5. The maximum Gasteiger partial charge on any atom is 0.322 e. The van der Waals surface area contributed by atoms with Gasteiger partial charge in [0.05, 0.1) is 5.92 Å². The molecule has 1 heterocycles. The first-order valence-electron chi connectivity index (χ1n) is 6.47. The lowest BCUT2D eigenvalue weighted by molar-refractivity contribution is -0.142. The molecule has 1 aliphatic rings. The fourth-order valence-electron chi connectivity index (χ4n) is 2.45. The molecule has 1 aromatic carbocycles. The maximum absolute atomic E-state index is 12.2. The average molecular weight is 294 g/mol. The Hall–Kier alpha value is -1.69. The van der Waals surface area contributed by atoms with E-state index in [9.17, 15) is 9.59 Å². The van der Waals surface area contributed by atoms with Crippen molar-refractivity contribution in [1.82, 2.24) is 4.90 Å². The number of urea groups is 1. The molecule has 2 unspecified atom stereocenters. The number of nitrogens with one attached hydrogen (secondary N) is 1. The fourth-order valence-corrected chi connectivity index (χ4v) is 2.91. The third-order valence-corrected chi connectivity index (χ3v) is 4.38. The quantitative estimate of drug-likeness (QED) is 0.841. The van der Waals surface area contributed by atoms with Gasteiger partial charge in [0, 0.05) is 23.2 Å². The molecule has 0 spiro atoms. The van der Waals surface area contributed by atoms with Crippen molar-refractivity contribution < 1.29 is 14.7 Å². The monoisotopic (exact) mass is 294 g/mol. The minimum Gasteiger partial charge on any atom is -0.481 e. The van der Waals surface area contributed by atoms with Crippen LogP contribution < -0.4 is 5.32 Å². The second kappa shape index (κ2) is 6.17. The molecule has 6 heteroatoms. The number of nitrogens with zero attached hydrogens (tertiary/aromatic N) is 1. The molecule has 2 N–H and O–H groups in total. The van der Waals surface area contributed by atoms with E-state index in [0.717, 1.165) is 10.6 Å². The lowest BCUT2D eigenvalue weighted by Crippen LogP contribution is -2.40. The van der Waals surface area contributed by atoms with Gasteiger partial charge < -0.3 is 15.3 Å². The minimum absolute atomic E-state index is 0.237. The summed E-state index contributed by atoms with van der Waals surface area (Å²) in [6, 6.07) is 7.06. The Bertz CT molecular complexity index is 521. The Labute approximate surface area is 122 Å². The molecule has 0 radical (unpaired) electrons. The molecule has 20 heavy (non-hydrogen) atoms. The normalized spacial score (nSPS) is 21.8. The molecule has 1 aromatic rings. The van der Waals surface area contributed by atoms with E-state index in [4.69, 9.17) is 5.11 Å². The van der Waals surface area contributed by atoms with Crippen molar-refractivity contribution in [3.05, 3.63) is 24.3 Å². The van der Waals surface area contributed by atoms with Crippen molar-refractivity contribution in [2.75, 3.05) is 18.1 Å². The highest BCUT2D eigenvalue weighted by Crippen LogP contribution is 2.25. The van der Waals surface area contributed by atoms with Crippen molar-refractivity contribution in [2.24, 2.45) is 5.92 Å². The molecule has 0 saturated carbocycles. The van der Waals surface area contributed by atoms with Gasteiger partial charge in [-0.3, -0.25) is 4.79 Å². The number of hydrogen-bond donors (Lipinski definition) is 2. The number of rotatable bonds is 3. The van der Waals surface area contributed by atoms with Crippen LogP contribution in [0.25, 0.3) is 0 Å². The molecule has 5 nitrogen and oxygen atoms in total. The van der Waals surface area contributed by atoms with Crippen LogP contribution in [0.1, 0.15) is 13.3 Å². The van der Waals surface area contributed by atoms with Crippen LogP contribution in [0.2, 0.25) is 0 Å². The molecule has 1 saturated heterocycles. The summed E-state index contributed by atoms with van der Waals surface area (Å²) in [6.45, 7) is 2.26. The zero-order chi connectivity index (χ0) is 14.7. The van der Waals surface area contributed by atoms with Crippen molar-refractivity contribution in [3.63, 3.8) is 0 Å². The summed E-state index contributed by atoms with van der Waals surface area (Å²) in [5.74, 6) is -1.31. The molecule has 0 bridgehead atoms. The average Bonchev–Trinajstić information content (AvgIpc) is 2.81. The van der Waals surface area contributed by atoms with Crippen LogP contribution in [0, 0.1) is 5.92 Å². The number of carbonyl (C=O) groups excluding carboxylic acids is 1. The van der Waals surface area contributed by atoms with Gasteiger partial charge in [0.1, 0.15) is 0 Å². The first kappa shape index (κ1) is 14.7. The third kappa shape index (κ3) is 3.07. The Kier molecular flexibility index (Phi) is 4.54. The van der Waals surface area contributed by atoms with Gasteiger partial charge >= 0.3 is 12.0 Å². The summed E-state index contributed by atoms with van der Waals surface area (Å²) in [5.41, 5.74) is 0.729. The lowest BCUT2D eigenvalue weighted by Gasteiger charge is -2.23. The van der Waals surface area contributed by atoms with E-state index in [1.807, 2.05) is 30.5 Å². The summed E-state index contributed by atoms with van der Waals surface area (Å²) in [5, 5.41) is 11.9. The molecule has 108 valence electrons. The molecule has 2 atom stereocenters. The Balaban J connectivity index is 2.03.